The minimum atomic E-state index is -0.0982. The van der Waals surface area contributed by atoms with Gasteiger partial charge >= 0.3 is 0 Å². The van der Waals surface area contributed by atoms with Crippen molar-refractivity contribution in [2.24, 2.45) is 0 Å². The highest BCUT2D eigenvalue weighted by Crippen LogP contribution is 2.23. The van der Waals surface area contributed by atoms with Crippen molar-refractivity contribution in [1.82, 2.24) is 9.88 Å². The summed E-state index contributed by atoms with van der Waals surface area (Å²) in [5, 5.41) is 0. The lowest BCUT2D eigenvalue weighted by Crippen LogP contribution is -2.22. The molecule has 0 radical (unpaired) electrons. The Morgan fingerprint density at radius 3 is 2.81 bits per heavy atom. The summed E-state index contributed by atoms with van der Waals surface area (Å²) < 4.78 is 5.77. The van der Waals surface area contributed by atoms with Crippen LogP contribution in [0.3, 0.4) is 0 Å². The SMILES string of the molecule is Cc1ncsc1CCOc1cc(N)ccc1C(=O)N(C)C. The number of aryl methyl sites for hydroxylation is 1. The Morgan fingerprint density at radius 1 is 1.43 bits per heavy atom. The first-order valence-corrected chi connectivity index (χ1v) is 7.50. The zero-order valence-electron chi connectivity index (χ0n) is 12.4. The molecule has 0 aliphatic rings. The van der Waals surface area contributed by atoms with Gasteiger partial charge in [0.2, 0.25) is 0 Å². The summed E-state index contributed by atoms with van der Waals surface area (Å²) in [6, 6.07) is 5.10. The van der Waals surface area contributed by atoms with Crippen LogP contribution in [-0.2, 0) is 6.42 Å². The van der Waals surface area contributed by atoms with E-state index >= 15 is 0 Å². The second-order valence-corrected chi connectivity index (χ2v) is 5.85. The van der Waals surface area contributed by atoms with Gasteiger partial charge in [0.15, 0.2) is 0 Å². The molecule has 112 valence electrons. The maximum absolute atomic E-state index is 12.1. The molecule has 0 atom stereocenters. The van der Waals surface area contributed by atoms with Gasteiger partial charge in [0.05, 0.1) is 23.4 Å². The Kier molecular flexibility index (Phi) is 4.80. The summed E-state index contributed by atoms with van der Waals surface area (Å²) in [6.45, 7) is 2.47. The lowest BCUT2D eigenvalue weighted by molar-refractivity contribution is 0.0823. The number of nitrogen functional groups attached to an aromatic ring is 1. The Balaban J connectivity index is 2.10. The largest absolute Gasteiger partial charge is 0.492 e. The average Bonchev–Trinajstić information content (AvgIpc) is 2.84. The number of thiazole rings is 1. The molecule has 6 heteroatoms. The van der Waals surface area contributed by atoms with Gasteiger partial charge in [0.25, 0.3) is 5.91 Å². The zero-order valence-corrected chi connectivity index (χ0v) is 13.2. The molecule has 5 nitrogen and oxygen atoms in total. The van der Waals surface area contributed by atoms with E-state index in [4.69, 9.17) is 10.5 Å². The quantitative estimate of drug-likeness (QED) is 0.861. The minimum absolute atomic E-state index is 0.0982. The number of nitrogens with zero attached hydrogens (tertiary/aromatic N) is 2. The van der Waals surface area contributed by atoms with Crippen molar-refractivity contribution in [3.63, 3.8) is 0 Å². The summed E-state index contributed by atoms with van der Waals surface area (Å²) in [4.78, 5) is 19.0. The number of ether oxygens (including phenoxy) is 1. The molecule has 0 spiro atoms. The molecule has 0 saturated heterocycles. The number of benzene rings is 1. The lowest BCUT2D eigenvalue weighted by atomic mass is 10.1. The molecule has 1 amide bonds. The standard InChI is InChI=1S/C15H19N3O2S/c1-10-14(21-9-17-10)6-7-20-13-8-11(16)4-5-12(13)15(19)18(2)3/h4-5,8-9H,6-7,16H2,1-3H3. The molecule has 21 heavy (non-hydrogen) atoms. The first-order chi connectivity index (χ1) is 9.99. The number of rotatable bonds is 5. The van der Waals surface area contributed by atoms with E-state index in [0.717, 1.165) is 12.1 Å². The number of aromatic nitrogens is 1. The third kappa shape index (κ3) is 3.72. The number of hydrogen-bond donors (Lipinski definition) is 1. The predicted octanol–water partition coefficient (Wildman–Crippen LogP) is 2.36. The molecule has 2 N–H and O–H groups in total. The fraction of sp³-hybridized carbons (Fsp3) is 0.333. The molecule has 0 fully saturated rings. The van der Waals surface area contributed by atoms with Crippen LogP contribution >= 0.6 is 11.3 Å². The van der Waals surface area contributed by atoms with Gasteiger partial charge in [0, 0.05) is 37.1 Å². The number of carbonyl (C=O) groups excluding carboxylic acids is 1. The fourth-order valence-electron chi connectivity index (χ4n) is 1.90. The molecule has 0 aliphatic heterocycles. The lowest BCUT2D eigenvalue weighted by Gasteiger charge is -2.15. The molecular formula is C15H19N3O2S. The maximum atomic E-state index is 12.1. The number of nitrogens with two attached hydrogens (primary N) is 1. The van der Waals surface area contributed by atoms with Crippen molar-refractivity contribution in [2.45, 2.75) is 13.3 Å². The molecule has 0 bridgehead atoms. The Hall–Kier alpha value is -2.08. The van der Waals surface area contributed by atoms with Gasteiger partial charge in [-0.15, -0.1) is 11.3 Å². The van der Waals surface area contributed by atoms with Gasteiger partial charge in [-0.25, -0.2) is 4.98 Å². The van der Waals surface area contributed by atoms with Crippen LogP contribution < -0.4 is 10.5 Å². The summed E-state index contributed by atoms with van der Waals surface area (Å²) >= 11 is 1.61. The summed E-state index contributed by atoms with van der Waals surface area (Å²) in [5.74, 6) is 0.426. The van der Waals surface area contributed by atoms with Crippen LogP contribution in [0.25, 0.3) is 0 Å². The fourth-order valence-corrected chi connectivity index (χ4v) is 2.66. The third-order valence-corrected chi connectivity index (χ3v) is 4.07. The molecule has 2 aromatic rings. The van der Waals surface area contributed by atoms with Crippen LogP contribution in [0.15, 0.2) is 23.7 Å². The van der Waals surface area contributed by atoms with Gasteiger partial charge in [-0.1, -0.05) is 0 Å². The van der Waals surface area contributed by atoms with Gasteiger partial charge in [-0.2, -0.15) is 0 Å². The van der Waals surface area contributed by atoms with E-state index in [0.29, 0.717) is 23.6 Å². The molecule has 1 aromatic carbocycles. The predicted molar refractivity (Wildman–Crippen MR) is 84.9 cm³/mol. The van der Waals surface area contributed by atoms with Crippen molar-refractivity contribution in [3.8, 4) is 5.75 Å². The van der Waals surface area contributed by atoms with Gasteiger partial charge in [-0.3, -0.25) is 4.79 Å². The first kappa shape index (κ1) is 15.3. The van der Waals surface area contributed by atoms with Crippen molar-refractivity contribution in [1.29, 1.82) is 0 Å². The van der Waals surface area contributed by atoms with E-state index in [1.54, 1.807) is 43.6 Å². The van der Waals surface area contributed by atoms with E-state index < -0.39 is 0 Å². The Morgan fingerprint density at radius 2 is 2.19 bits per heavy atom. The van der Waals surface area contributed by atoms with Crippen LogP contribution in [0.2, 0.25) is 0 Å². The molecule has 2 rings (SSSR count). The van der Waals surface area contributed by atoms with Crippen LogP contribution in [0.1, 0.15) is 20.9 Å². The number of amides is 1. The monoisotopic (exact) mass is 305 g/mol. The molecule has 0 unspecified atom stereocenters. The second-order valence-electron chi connectivity index (χ2n) is 4.91. The summed E-state index contributed by atoms with van der Waals surface area (Å²) in [6.07, 6.45) is 0.765. The number of hydrogen-bond acceptors (Lipinski definition) is 5. The molecule has 1 aromatic heterocycles. The van der Waals surface area contributed by atoms with Crippen LogP contribution in [0.4, 0.5) is 5.69 Å². The molecular weight excluding hydrogens is 286 g/mol. The highest BCUT2D eigenvalue weighted by atomic mass is 32.1. The van der Waals surface area contributed by atoms with E-state index in [1.807, 2.05) is 12.4 Å². The Bertz CT molecular complexity index is 638. The van der Waals surface area contributed by atoms with E-state index in [2.05, 4.69) is 4.98 Å². The zero-order chi connectivity index (χ0) is 15.4. The average molecular weight is 305 g/mol. The van der Waals surface area contributed by atoms with Crippen LogP contribution in [0.5, 0.6) is 5.75 Å². The normalized spacial score (nSPS) is 10.4. The Labute approximate surface area is 128 Å². The van der Waals surface area contributed by atoms with E-state index in [9.17, 15) is 4.79 Å². The van der Waals surface area contributed by atoms with Crippen molar-refractivity contribution in [2.75, 3.05) is 26.4 Å². The first-order valence-electron chi connectivity index (χ1n) is 6.62. The van der Waals surface area contributed by atoms with Crippen molar-refractivity contribution >= 4 is 22.9 Å². The van der Waals surface area contributed by atoms with Gasteiger partial charge in [-0.05, 0) is 19.1 Å². The summed E-state index contributed by atoms with van der Waals surface area (Å²) in [7, 11) is 3.42. The minimum Gasteiger partial charge on any atom is -0.492 e. The van der Waals surface area contributed by atoms with Crippen molar-refractivity contribution < 1.29 is 9.53 Å². The van der Waals surface area contributed by atoms with Gasteiger partial charge < -0.3 is 15.4 Å². The topological polar surface area (TPSA) is 68.5 Å². The van der Waals surface area contributed by atoms with E-state index in [1.165, 1.54) is 9.78 Å². The summed E-state index contributed by atoms with van der Waals surface area (Å²) in [5.41, 5.74) is 9.74. The van der Waals surface area contributed by atoms with Gasteiger partial charge in [0.1, 0.15) is 5.75 Å². The highest BCUT2D eigenvalue weighted by Gasteiger charge is 2.15. The third-order valence-electron chi connectivity index (χ3n) is 3.07. The van der Waals surface area contributed by atoms with Crippen LogP contribution in [-0.4, -0.2) is 36.5 Å². The van der Waals surface area contributed by atoms with Crippen molar-refractivity contribution in [3.05, 3.63) is 39.8 Å². The molecule has 0 saturated carbocycles. The highest BCUT2D eigenvalue weighted by molar-refractivity contribution is 7.09. The maximum Gasteiger partial charge on any atom is 0.257 e. The van der Waals surface area contributed by atoms with E-state index in [-0.39, 0.29) is 5.91 Å². The molecule has 0 aliphatic carbocycles. The second kappa shape index (κ2) is 6.58. The number of carbonyl (C=O) groups is 1. The molecule has 1 heterocycles. The smallest absolute Gasteiger partial charge is 0.257 e. The number of anilines is 1. The van der Waals surface area contributed by atoms with Crippen LogP contribution in [0, 0.1) is 6.92 Å².